The van der Waals surface area contributed by atoms with Crippen molar-refractivity contribution in [1.29, 1.82) is 5.26 Å². The van der Waals surface area contributed by atoms with Gasteiger partial charge in [0.1, 0.15) is 5.75 Å². The molecule has 6 rings (SSSR count). The van der Waals surface area contributed by atoms with E-state index in [9.17, 15) is 10.1 Å². The van der Waals surface area contributed by atoms with Gasteiger partial charge in [0.05, 0.1) is 42.6 Å². The van der Waals surface area contributed by atoms with E-state index >= 15 is 0 Å². The van der Waals surface area contributed by atoms with Crippen molar-refractivity contribution in [2.24, 2.45) is 0 Å². The zero-order valence-electron chi connectivity index (χ0n) is 21.3. The highest BCUT2D eigenvalue weighted by molar-refractivity contribution is 6.20. The number of H-pyrrole nitrogens is 1. The Kier molecular flexibility index (Phi) is 5.33. The Morgan fingerprint density at radius 3 is 2.64 bits per heavy atom. The molecule has 0 amide bonds. The lowest BCUT2D eigenvalue weighted by Crippen LogP contribution is -2.50. The van der Waals surface area contributed by atoms with Gasteiger partial charge in [0, 0.05) is 46.2 Å². The summed E-state index contributed by atoms with van der Waals surface area (Å²) < 4.78 is 11.7. The zero-order valence-corrected chi connectivity index (χ0v) is 21.3. The number of aromatic amines is 1. The number of rotatable bonds is 4. The van der Waals surface area contributed by atoms with Gasteiger partial charge in [-0.1, -0.05) is 26.0 Å². The highest BCUT2D eigenvalue weighted by Crippen LogP contribution is 2.47. The number of fused-ring (bicyclic) bond motifs is 4. The monoisotopic (exact) mass is 481 g/mol. The molecule has 1 aromatic heterocycles. The zero-order chi connectivity index (χ0) is 25.2. The third kappa shape index (κ3) is 3.49. The molecule has 1 saturated heterocycles. The molecule has 0 bridgehead atoms. The summed E-state index contributed by atoms with van der Waals surface area (Å²) >= 11 is 0. The molecule has 3 aliphatic rings. The molecule has 0 radical (unpaired) electrons. The van der Waals surface area contributed by atoms with Crippen molar-refractivity contribution in [2.45, 2.75) is 51.7 Å². The third-order valence-electron chi connectivity index (χ3n) is 7.90. The summed E-state index contributed by atoms with van der Waals surface area (Å²) in [4.78, 5) is 20.0. The lowest BCUT2D eigenvalue weighted by Gasteiger charge is -2.39. The third-order valence-corrected chi connectivity index (χ3v) is 7.90. The van der Waals surface area contributed by atoms with Gasteiger partial charge in [-0.15, -0.1) is 0 Å². The lowest BCUT2D eigenvalue weighted by molar-refractivity contribution is -0.0612. The van der Waals surface area contributed by atoms with Gasteiger partial charge in [0.15, 0.2) is 5.78 Å². The van der Waals surface area contributed by atoms with Gasteiger partial charge in [0.25, 0.3) is 0 Å². The molecule has 1 fully saturated rings. The predicted molar refractivity (Wildman–Crippen MR) is 140 cm³/mol. The molecule has 0 spiro atoms. The van der Waals surface area contributed by atoms with Gasteiger partial charge < -0.3 is 14.5 Å². The molecular weight excluding hydrogens is 450 g/mol. The number of nitrogens with one attached hydrogen (secondary N) is 1. The highest BCUT2D eigenvalue weighted by Gasteiger charge is 2.41. The van der Waals surface area contributed by atoms with Crippen molar-refractivity contribution in [3.05, 3.63) is 69.9 Å². The second-order valence-electron chi connectivity index (χ2n) is 10.9. The molecule has 6 heteroatoms. The Morgan fingerprint density at radius 1 is 1.19 bits per heavy atom. The second kappa shape index (κ2) is 8.33. The van der Waals surface area contributed by atoms with Crippen LogP contribution in [0, 0.1) is 11.3 Å². The quantitative estimate of drug-likeness (QED) is 0.555. The number of aromatic nitrogens is 1. The molecular formula is C30H31N3O3. The van der Waals surface area contributed by atoms with Crippen molar-refractivity contribution < 1.29 is 14.3 Å². The number of hydrogen-bond donors (Lipinski definition) is 1. The van der Waals surface area contributed by atoms with Gasteiger partial charge in [0.2, 0.25) is 0 Å². The van der Waals surface area contributed by atoms with Crippen molar-refractivity contribution in [2.75, 3.05) is 26.3 Å². The number of ether oxygens (including phenoxy) is 2. The fraction of sp³-hybridized carbons (Fsp3) is 0.400. The Labute approximate surface area is 211 Å². The summed E-state index contributed by atoms with van der Waals surface area (Å²) in [5.41, 5.74) is 6.53. The van der Waals surface area contributed by atoms with E-state index in [0.29, 0.717) is 17.2 Å². The number of benzene rings is 2. The summed E-state index contributed by atoms with van der Waals surface area (Å²) in [5.74, 6) is 0.861. The molecule has 36 heavy (non-hydrogen) atoms. The summed E-state index contributed by atoms with van der Waals surface area (Å²) in [6, 6.07) is 12.4. The summed E-state index contributed by atoms with van der Waals surface area (Å²) in [6.45, 7) is 11.9. The van der Waals surface area contributed by atoms with E-state index in [1.54, 1.807) is 6.07 Å². The second-order valence-corrected chi connectivity index (χ2v) is 10.9. The van der Waals surface area contributed by atoms with E-state index in [-0.39, 0.29) is 11.9 Å². The number of carbonyl (C=O) groups excluding carboxylic acids is 1. The largest absolute Gasteiger partial charge is 0.490 e. The average molecular weight is 482 g/mol. The van der Waals surface area contributed by atoms with Crippen molar-refractivity contribution >= 4 is 22.3 Å². The SMILES string of the molecule is CC(C)Oc1cc2c(cc1C1=CCN(C3COC3)CC1)C(=O)c1c([nH]c3cc(C#N)ccc13)C2(C)C. The molecule has 2 aliphatic heterocycles. The van der Waals surface area contributed by atoms with E-state index in [2.05, 4.69) is 48.0 Å². The molecule has 184 valence electrons. The fourth-order valence-electron chi connectivity index (χ4n) is 5.82. The van der Waals surface area contributed by atoms with Crippen LogP contribution in [0.15, 0.2) is 36.4 Å². The molecule has 6 nitrogen and oxygen atoms in total. The predicted octanol–water partition coefficient (Wildman–Crippen LogP) is 5.18. The van der Waals surface area contributed by atoms with E-state index in [1.807, 2.05) is 26.0 Å². The Bertz CT molecular complexity index is 1470. The van der Waals surface area contributed by atoms with Crippen LogP contribution >= 0.6 is 0 Å². The smallest absolute Gasteiger partial charge is 0.195 e. The lowest BCUT2D eigenvalue weighted by atomic mass is 9.70. The minimum atomic E-state index is -0.431. The first-order valence-corrected chi connectivity index (χ1v) is 12.7. The number of carbonyl (C=O) groups is 1. The maximum atomic E-state index is 14.0. The van der Waals surface area contributed by atoms with Crippen LogP contribution in [0.1, 0.15) is 72.4 Å². The van der Waals surface area contributed by atoms with Crippen LogP contribution in [-0.2, 0) is 10.2 Å². The Balaban J connectivity index is 1.48. The molecule has 2 aromatic carbocycles. The molecule has 0 saturated carbocycles. The maximum Gasteiger partial charge on any atom is 0.195 e. The minimum Gasteiger partial charge on any atom is -0.490 e. The average Bonchev–Trinajstić information content (AvgIpc) is 3.22. The summed E-state index contributed by atoms with van der Waals surface area (Å²) in [7, 11) is 0. The Morgan fingerprint density at radius 2 is 2.00 bits per heavy atom. The molecule has 0 unspecified atom stereocenters. The van der Waals surface area contributed by atoms with Gasteiger partial charge in [-0.25, -0.2) is 0 Å². The van der Waals surface area contributed by atoms with Crippen LogP contribution in [0.4, 0.5) is 0 Å². The van der Waals surface area contributed by atoms with Gasteiger partial charge in [-0.2, -0.15) is 5.26 Å². The van der Waals surface area contributed by atoms with E-state index in [1.165, 1.54) is 5.57 Å². The summed E-state index contributed by atoms with van der Waals surface area (Å²) in [5, 5.41) is 10.2. The van der Waals surface area contributed by atoms with Crippen molar-refractivity contribution in [3.8, 4) is 11.8 Å². The highest BCUT2D eigenvalue weighted by atomic mass is 16.5. The standard InChI is InChI=1S/C30H31N3O3/c1-17(2)36-26-13-24-23(12-22(26)19-7-9-33(10-8-19)20-15-35-16-20)28(34)27-21-6-5-18(14-31)11-25(21)32-29(27)30(24,3)4/h5-7,11-13,17,20,32H,8-10,15-16H2,1-4H3. The minimum absolute atomic E-state index is 0.0186. The fourth-order valence-corrected chi connectivity index (χ4v) is 5.82. The number of ketones is 1. The topological polar surface area (TPSA) is 78.3 Å². The number of nitrogens with zero attached hydrogens (tertiary/aromatic N) is 2. The maximum absolute atomic E-state index is 14.0. The number of hydrogen-bond acceptors (Lipinski definition) is 5. The number of nitriles is 1. The normalized spacial score (nSPS) is 19.4. The van der Waals surface area contributed by atoms with Crippen LogP contribution in [0.2, 0.25) is 0 Å². The molecule has 3 heterocycles. The van der Waals surface area contributed by atoms with Crippen LogP contribution in [0.5, 0.6) is 5.75 Å². The van der Waals surface area contributed by atoms with E-state index in [4.69, 9.17) is 9.47 Å². The molecule has 1 aliphatic carbocycles. The van der Waals surface area contributed by atoms with Gasteiger partial charge in [-0.3, -0.25) is 9.69 Å². The van der Waals surface area contributed by atoms with Crippen molar-refractivity contribution in [3.63, 3.8) is 0 Å². The van der Waals surface area contributed by atoms with Gasteiger partial charge >= 0.3 is 0 Å². The molecule has 0 atom stereocenters. The summed E-state index contributed by atoms with van der Waals surface area (Å²) in [6.07, 6.45) is 3.22. The van der Waals surface area contributed by atoms with Gasteiger partial charge in [-0.05, 0) is 55.7 Å². The van der Waals surface area contributed by atoms with Crippen LogP contribution < -0.4 is 4.74 Å². The van der Waals surface area contributed by atoms with E-state index < -0.39 is 5.41 Å². The first kappa shape index (κ1) is 23.0. The van der Waals surface area contributed by atoms with Crippen LogP contribution in [0.25, 0.3) is 16.5 Å². The Hall–Kier alpha value is -3.40. The molecule has 3 aromatic rings. The van der Waals surface area contributed by atoms with Crippen LogP contribution in [-0.4, -0.2) is 54.1 Å². The first-order valence-electron chi connectivity index (χ1n) is 12.7. The molecule has 1 N–H and O–H groups in total. The van der Waals surface area contributed by atoms with Crippen molar-refractivity contribution in [1.82, 2.24) is 9.88 Å². The van der Waals surface area contributed by atoms with E-state index in [0.717, 1.165) is 71.8 Å². The van der Waals surface area contributed by atoms with Crippen LogP contribution in [0.3, 0.4) is 0 Å². The first-order chi connectivity index (χ1) is 17.3.